The quantitative estimate of drug-likeness (QED) is 0.172. The Morgan fingerprint density at radius 1 is 1.18 bits per heavy atom. The largest absolute Gasteiger partial charge is 0.505 e. The Morgan fingerprint density at radius 2 is 1.76 bits per heavy atom. The maximum atomic E-state index is 13.7. The number of rotatable bonds is 2. The Balaban J connectivity index is 1.98. The van der Waals surface area contributed by atoms with E-state index in [9.17, 15) is 39.3 Å². The van der Waals surface area contributed by atoms with Crippen molar-refractivity contribution in [2.75, 3.05) is 19.8 Å². The van der Waals surface area contributed by atoms with Gasteiger partial charge in [0.2, 0.25) is 5.91 Å². The van der Waals surface area contributed by atoms with Crippen molar-refractivity contribution in [3.8, 4) is 5.75 Å². The summed E-state index contributed by atoms with van der Waals surface area (Å²) in [6.45, 7) is 1.62. The van der Waals surface area contributed by atoms with Gasteiger partial charge in [0.05, 0.1) is 35.2 Å². The number of nitrogen functional groups attached to an aromatic ring is 1. The molecule has 8 atom stereocenters. The second kappa shape index (κ2) is 7.67. The van der Waals surface area contributed by atoms with Crippen LogP contribution in [0.15, 0.2) is 10.5 Å². The summed E-state index contributed by atoms with van der Waals surface area (Å²) in [7, 11) is 2.87. The van der Waals surface area contributed by atoms with Crippen LogP contribution in [0.2, 0.25) is 0 Å². The summed E-state index contributed by atoms with van der Waals surface area (Å²) in [5, 5.41) is 33.6. The van der Waals surface area contributed by atoms with Crippen molar-refractivity contribution < 1.29 is 39.3 Å². The number of nitrogens with two attached hydrogens (primary N) is 2. The van der Waals surface area contributed by atoms with Crippen LogP contribution in [-0.4, -0.2) is 81.1 Å². The van der Waals surface area contributed by atoms with Crippen molar-refractivity contribution in [2.45, 2.75) is 30.6 Å². The third kappa shape index (κ3) is 2.82. The van der Waals surface area contributed by atoms with Crippen LogP contribution in [0.25, 0.3) is 0 Å². The molecular formula is C22H24BrN3O8. The van der Waals surface area contributed by atoms with Crippen LogP contribution in [0.1, 0.15) is 28.8 Å². The Morgan fingerprint density at radius 3 is 2.29 bits per heavy atom. The van der Waals surface area contributed by atoms with Gasteiger partial charge in [0.25, 0.3) is 0 Å². The highest BCUT2D eigenvalue weighted by Gasteiger charge is 2.72. The molecule has 3 aliphatic carbocycles. The van der Waals surface area contributed by atoms with E-state index in [0.29, 0.717) is 10.0 Å². The van der Waals surface area contributed by atoms with Gasteiger partial charge in [-0.15, -0.1) is 0 Å². The summed E-state index contributed by atoms with van der Waals surface area (Å²) in [4.78, 5) is 66.8. The van der Waals surface area contributed by atoms with E-state index in [-0.39, 0.29) is 11.3 Å². The number of anilines is 1. The topological polar surface area (TPSA) is 201 Å². The Labute approximate surface area is 202 Å². The minimum Gasteiger partial charge on any atom is -0.505 e. The molecule has 2 fully saturated rings. The minimum absolute atomic E-state index is 0.140. The van der Waals surface area contributed by atoms with Crippen LogP contribution in [-0.2, 0) is 19.2 Å². The van der Waals surface area contributed by atoms with Crippen molar-refractivity contribution >= 4 is 50.7 Å². The predicted molar refractivity (Wildman–Crippen MR) is 120 cm³/mol. The standard InChI is InChI=1S/C22H24BrN3O8/c1-5-6-4-7(23)13(24)17(29)9(6)15(27)10-8(5)16(28)12-14(26(2)3)18(30)11(21(25)33)20(32)22(12,34)19(10)31/h4-5,8,10-12,14,16,28-29,34H,24H2,1-3H3,(H2,25,33)/t5-,8+,10?,11?,12+,14-,16-,22-/m1/s1. The number of ketones is 4. The highest BCUT2D eigenvalue weighted by Crippen LogP contribution is 2.55. The summed E-state index contributed by atoms with van der Waals surface area (Å²) >= 11 is 3.21. The molecule has 0 heterocycles. The van der Waals surface area contributed by atoms with Crippen molar-refractivity contribution in [3.63, 3.8) is 0 Å². The fourth-order valence-corrected chi connectivity index (χ4v) is 6.47. The zero-order chi connectivity index (χ0) is 25.6. The van der Waals surface area contributed by atoms with Gasteiger partial charge in [-0.25, -0.2) is 0 Å². The number of carbonyl (C=O) groups is 5. The van der Waals surface area contributed by atoms with E-state index in [1.165, 1.54) is 25.1 Å². The van der Waals surface area contributed by atoms with Gasteiger partial charge in [-0.2, -0.15) is 0 Å². The number of primary amides is 1. The molecule has 1 amide bonds. The number of hydrogen-bond donors (Lipinski definition) is 5. The van der Waals surface area contributed by atoms with E-state index in [1.807, 2.05) is 0 Å². The average molecular weight is 538 g/mol. The van der Waals surface area contributed by atoms with Gasteiger partial charge in [-0.3, -0.25) is 28.9 Å². The SMILES string of the molecule is C[C@@H]1c2cc(Br)c(N)c(O)c2C(=O)C2C(=O)[C@@]3(O)C(=O)C(C(N)=O)C(=O)[C@H](N(C)C)[C@H]3[C@H](O)[C@H]21. The van der Waals surface area contributed by atoms with Crippen LogP contribution in [0.3, 0.4) is 0 Å². The molecule has 1 aromatic carbocycles. The number of fused-ring (bicyclic) bond motifs is 3. The fourth-order valence-electron chi connectivity index (χ4n) is 6.03. The molecule has 4 rings (SSSR count). The summed E-state index contributed by atoms with van der Waals surface area (Å²) in [6, 6.07) is 0.0978. The van der Waals surface area contributed by atoms with Crippen molar-refractivity contribution in [3.05, 3.63) is 21.7 Å². The summed E-state index contributed by atoms with van der Waals surface area (Å²) in [6.07, 6.45) is -1.67. The first-order valence-corrected chi connectivity index (χ1v) is 11.3. The summed E-state index contributed by atoms with van der Waals surface area (Å²) in [5.41, 5.74) is 8.01. The number of aliphatic hydroxyl groups excluding tert-OH is 1. The van der Waals surface area contributed by atoms with Crippen molar-refractivity contribution in [1.82, 2.24) is 4.90 Å². The first kappa shape index (κ1) is 24.5. The van der Waals surface area contributed by atoms with Gasteiger partial charge in [-0.1, -0.05) is 6.92 Å². The molecule has 0 aromatic heterocycles. The number of amides is 1. The zero-order valence-corrected chi connectivity index (χ0v) is 20.1. The van der Waals surface area contributed by atoms with E-state index >= 15 is 0 Å². The Kier molecular flexibility index (Phi) is 5.52. The second-order valence-corrected chi connectivity index (χ2v) is 10.3. The zero-order valence-electron chi connectivity index (χ0n) is 18.5. The average Bonchev–Trinajstić information content (AvgIpc) is 2.74. The maximum Gasteiger partial charge on any atom is 0.235 e. The molecule has 0 radical (unpaired) electrons. The molecule has 7 N–H and O–H groups in total. The number of aliphatic hydroxyl groups is 2. The summed E-state index contributed by atoms with van der Waals surface area (Å²) < 4.78 is 0.300. The summed E-state index contributed by atoms with van der Waals surface area (Å²) in [5.74, 6) is -13.8. The van der Waals surface area contributed by atoms with Gasteiger partial charge in [0.15, 0.2) is 40.4 Å². The van der Waals surface area contributed by atoms with Crippen LogP contribution in [0, 0.1) is 23.7 Å². The van der Waals surface area contributed by atoms with Crippen molar-refractivity contribution in [2.24, 2.45) is 29.4 Å². The molecule has 3 aliphatic rings. The number of Topliss-reactive ketones (excluding diaryl/α,β-unsaturated/α-hetero) is 4. The fraction of sp³-hybridized carbons (Fsp3) is 0.500. The van der Waals surface area contributed by atoms with Gasteiger partial charge in [0, 0.05) is 10.4 Å². The predicted octanol–water partition coefficient (Wildman–Crippen LogP) is -1.26. The molecular weight excluding hydrogens is 514 g/mol. The molecule has 182 valence electrons. The van der Waals surface area contributed by atoms with Crippen LogP contribution >= 0.6 is 15.9 Å². The number of carbonyl (C=O) groups excluding carboxylic acids is 5. The van der Waals surface area contributed by atoms with Crippen molar-refractivity contribution in [1.29, 1.82) is 0 Å². The number of likely N-dealkylation sites (N-methyl/N-ethyl adjacent to an activating group) is 1. The molecule has 1 aromatic rings. The minimum atomic E-state index is -3.02. The second-order valence-electron chi connectivity index (χ2n) is 9.45. The number of nitrogens with zero attached hydrogens (tertiary/aromatic N) is 1. The lowest BCUT2D eigenvalue weighted by Crippen LogP contribution is -2.77. The molecule has 11 nitrogen and oxygen atoms in total. The molecule has 0 bridgehead atoms. The molecule has 12 heteroatoms. The van der Waals surface area contributed by atoms with Crippen LogP contribution in [0.4, 0.5) is 5.69 Å². The molecule has 34 heavy (non-hydrogen) atoms. The third-order valence-corrected chi connectivity index (χ3v) is 8.26. The lowest BCUT2D eigenvalue weighted by atomic mass is 9.49. The first-order chi connectivity index (χ1) is 15.7. The number of hydrogen-bond acceptors (Lipinski definition) is 10. The van der Waals surface area contributed by atoms with E-state index < -0.39 is 82.1 Å². The Hall–Kier alpha value is -2.67. The smallest absolute Gasteiger partial charge is 0.235 e. The normalized spacial score (nSPS) is 37.3. The van der Waals surface area contributed by atoms with Gasteiger partial charge < -0.3 is 26.8 Å². The monoisotopic (exact) mass is 537 g/mol. The number of phenolic OH excluding ortho intramolecular Hbond substituents is 1. The van der Waals surface area contributed by atoms with E-state index in [0.717, 1.165) is 0 Å². The molecule has 0 spiro atoms. The molecule has 0 saturated heterocycles. The van der Waals surface area contributed by atoms with Crippen LogP contribution < -0.4 is 11.5 Å². The lowest BCUT2D eigenvalue weighted by molar-refractivity contribution is -0.196. The number of phenols is 1. The first-order valence-electron chi connectivity index (χ1n) is 10.5. The number of benzene rings is 1. The van der Waals surface area contributed by atoms with Crippen LogP contribution in [0.5, 0.6) is 5.75 Å². The highest BCUT2D eigenvalue weighted by molar-refractivity contribution is 9.10. The number of aromatic hydroxyl groups is 1. The maximum absolute atomic E-state index is 13.7. The van der Waals surface area contributed by atoms with E-state index in [1.54, 1.807) is 6.92 Å². The molecule has 0 aliphatic heterocycles. The molecule has 2 saturated carbocycles. The Bertz CT molecular complexity index is 1180. The molecule has 2 unspecified atom stereocenters. The number of halogens is 1. The lowest BCUT2D eigenvalue weighted by Gasteiger charge is -2.56. The van der Waals surface area contributed by atoms with Gasteiger partial charge in [-0.05, 0) is 47.6 Å². The highest BCUT2D eigenvalue weighted by atomic mass is 79.9. The van der Waals surface area contributed by atoms with E-state index in [4.69, 9.17) is 11.5 Å². The third-order valence-electron chi connectivity index (χ3n) is 7.60. The van der Waals surface area contributed by atoms with Gasteiger partial charge in [0.1, 0.15) is 0 Å². The van der Waals surface area contributed by atoms with E-state index in [2.05, 4.69) is 15.9 Å². The van der Waals surface area contributed by atoms with Gasteiger partial charge >= 0.3 is 0 Å².